The van der Waals surface area contributed by atoms with Crippen molar-refractivity contribution in [3.05, 3.63) is 38.7 Å². The maximum absolute atomic E-state index is 12.1. The van der Waals surface area contributed by atoms with Gasteiger partial charge < -0.3 is 9.72 Å². The number of rotatable bonds is 3. The number of ether oxygens (including phenoxy) is 1. The number of nitrogens with zero attached hydrogens (tertiary/aromatic N) is 4. The molecule has 0 radical (unpaired) electrons. The highest BCUT2D eigenvalue weighted by molar-refractivity contribution is 5.31. The highest BCUT2D eigenvalue weighted by Gasteiger charge is 2.23. The van der Waals surface area contributed by atoms with Gasteiger partial charge in [0.05, 0.1) is 29.6 Å². The largest absolute Gasteiger partial charge is 0.481 e. The Bertz CT molecular complexity index is 762. The molecule has 0 aliphatic carbocycles. The molecule has 0 fully saturated rings. The Morgan fingerprint density at radius 3 is 2.86 bits per heavy atom. The van der Waals surface area contributed by atoms with E-state index >= 15 is 0 Å². The zero-order valence-corrected chi connectivity index (χ0v) is 13.4. The Morgan fingerprint density at radius 1 is 1.36 bits per heavy atom. The van der Waals surface area contributed by atoms with Crippen molar-refractivity contribution in [2.75, 3.05) is 13.7 Å². The van der Waals surface area contributed by atoms with Crippen LogP contribution in [0.4, 0.5) is 0 Å². The molecule has 2 aromatic rings. The van der Waals surface area contributed by atoms with Crippen molar-refractivity contribution in [3.63, 3.8) is 0 Å². The lowest BCUT2D eigenvalue weighted by molar-refractivity contribution is 0.236. The van der Waals surface area contributed by atoms with E-state index in [1.165, 1.54) is 0 Å². The van der Waals surface area contributed by atoms with Gasteiger partial charge in [-0.2, -0.15) is 5.10 Å². The molecule has 2 aromatic heterocycles. The van der Waals surface area contributed by atoms with E-state index in [0.29, 0.717) is 12.4 Å². The van der Waals surface area contributed by atoms with Crippen LogP contribution in [0.2, 0.25) is 0 Å². The molecule has 0 aromatic carbocycles. The summed E-state index contributed by atoms with van der Waals surface area (Å²) in [5, 5.41) is 4.41. The molecule has 1 aliphatic rings. The van der Waals surface area contributed by atoms with Crippen molar-refractivity contribution < 1.29 is 4.74 Å². The van der Waals surface area contributed by atoms with Crippen LogP contribution in [-0.4, -0.2) is 38.3 Å². The lowest BCUT2D eigenvalue weighted by atomic mass is 10.1. The molecule has 1 N–H and O–H groups in total. The standard InChI is InChI=1S/C15H21N5O2/c1-9-11(15(22-4)19(3)18-9)7-20-6-5-13-12(8-20)14(21)17-10(2)16-13/h5-8H2,1-4H3,(H,16,17,21). The Kier molecular flexibility index (Phi) is 3.74. The second-order valence-electron chi connectivity index (χ2n) is 5.73. The van der Waals surface area contributed by atoms with Crippen molar-refractivity contribution in [1.29, 1.82) is 0 Å². The molecule has 0 saturated heterocycles. The molecule has 0 atom stereocenters. The van der Waals surface area contributed by atoms with Gasteiger partial charge in [-0.1, -0.05) is 0 Å². The lowest BCUT2D eigenvalue weighted by Crippen LogP contribution is -2.35. The average molecular weight is 303 g/mol. The van der Waals surface area contributed by atoms with Gasteiger partial charge in [-0.25, -0.2) is 9.67 Å². The van der Waals surface area contributed by atoms with E-state index in [2.05, 4.69) is 20.0 Å². The van der Waals surface area contributed by atoms with Gasteiger partial charge in [0.25, 0.3) is 5.56 Å². The zero-order chi connectivity index (χ0) is 15.9. The number of nitrogens with one attached hydrogen (secondary N) is 1. The number of H-pyrrole nitrogens is 1. The molecule has 3 rings (SSSR count). The maximum atomic E-state index is 12.1. The van der Waals surface area contributed by atoms with Crippen LogP contribution in [0.3, 0.4) is 0 Å². The third-order valence-corrected chi connectivity index (χ3v) is 4.13. The van der Waals surface area contributed by atoms with Crippen LogP contribution in [0.15, 0.2) is 4.79 Å². The second-order valence-corrected chi connectivity index (χ2v) is 5.73. The highest BCUT2D eigenvalue weighted by atomic mass is 16.5. The Balaban J connectivity index is 1.86. The second kappa shape index (κ2) is 5.57. The molecule has 3 heterocycles. The van der Waals surface area contributed by atoms with Gasteiger partial charge in [0, 0.05) is 33.1 Å². The van der Waals surface area contributed by atoms with Gasteiger partial charge in [-0.3, -0.25) is 9.69 Å². The van der Waals surface area contributed by atoms with E-state index in [0.717, 1.165) is 47.9 Å². The molecule has 1 aliphatic heterocycles. The number of fused-ring (bicyclic) bond motifs is 1. The first-order chi connectivity index (χ1) is 10.5. The van der Waals surface area contributed by atoms with Crippen molar-refractivity contribution >= 4 is 0 Å². The van der Waals surface area contributed by atoms with Gasteiger partial charge in [0.1, 0.15) is 5.82 Å². The summed E-state index contributed by atoms with van der Waals surface area (Å²) in [6.07, 6.45) is 0.793. The van der Waals surface area contributed by atoms with Gasteiger partial charge in [-0.05, 0) is 13.8 Å². The van der Waals surface area contributed by atoms with Crippen molar-refractivity contribution in [3.8, 4) is 5.88 Å². The van der Waals surface area contributed by atoms with Crippen LogP contribution in [0.5, 0.6) is 5.88 Å². The molecule has 0 unspecified atom stereocenters. The third kappa shape index (κ3) is 2.52. The highest BCUT2D eigenvalue weighted by Crippen LogP contribution is 2.24. The van der Waals surface area contributed by atoms with Crippen LogP contribution >= 0.6 is 0 Å². The molecular weight excluding hydrogens is 282 g/mol. The minimum Gasteiger partial charge on any atom is -0.481 e. The summed E-state index contributed by atoms with van der Waals surface area (Å²) in [6.45, 7) is 6.00. The first-order valence-corrected chi connectivity index (χ1v) is 7.37. The maximum Gasteiger partial charge on any atom is 0.255 e. The summed E-state index contributed by atoms with van der Waals surface area (Å²) in [7, 11) is 3.53. The van der Waals surface area contributed by atoms with Gasteiger partial charge in [0.2, 0.25) is 5.88 Å². The summed E-state index contributed by atoms with van der Waals surface area (Å²) >= 11 is 0. The molecule has 0 spiro atoms. The number of aromatic nitrogens is 4. The van der Waals surface area contributed by atoms with Crippen LogP contribution in [0.1, 0.15) is 28.3 Å². The molecule has 0 saturated carbocycles. The minimum atomic E-state index is -0.0259. The quantitative estimate of drug-likeness (QED) is 0.903. The van der Waals surface area contributed by atoms with Crippen LogP contribution in [0, 0.1) is 13.8 Å². The minimum absolute atomic E-state index is 0.0259. The Labute approximate surface area is 128 Å². The van der Waals surface area contributed by atoms with E-state index in [1.54, 1.807) is 11.8 Å². The lowest BCUT2D eigenvalue weighted by Gasteiger charge is -2.27. The van der Waals surface area contributed by atoms with Crippen molar-refractivity contribution in [2.24, 2.45) is 7.05 Å². The first kappa shape index (κ1) is 14.8. The van der Waals surface area contributed by atoms with Crippen LogP contribution in [0.25, 0.3) is 0 Å². The topological polar surface area (TPSA) is 76.0 Å². The molecule has 7 nitrogen and oxygen atoms in total. The van der Waals surface area contributed by atoms with Gasteiger partial charge >= 0.3 is 0 Å². The molecule has 7 heteroatoms. The van der Waals surface area contributed by atoms with Crippen molar-refractivity contribution in [2.45, 2.75) is 33.4 Å². The van der Waals surface area contributed by atoms with E-state index in [-0.39, 0.29) is 5.56 Å². The first-order valence-electron chi connectivity index (χ1n) is 7.37. The zero-order valence-electron chi connectivity index (χ0n) is 13.4. The number of methoxy groups -OCH3 is 1. The summed E-state index contributed by atoms with van der Waals surface area (Å²) in [4.78, 5) is 21.6. The fourth-order valence-electron chi connectivity index (χ4n) is 3.08. The Morgan fingerprint density at radius 2 is 2.14 bits per heavy atom. The number of hydrogen-bond donors (Lipinski definition) is 1. The van der Waals surface area contributed by atoms with E-state index in [4.69, 9.17) is 4.74 Å². The number of aromatic amines is 1. The number of hydrogen-bond acceptors (Lipinski definition) is 5. The summed E-state index contributed by atoms with van der Waals surface area (Å²) in [5.41, 5.74) is 3.71. The van der Waals surface area contributed by atoms with Crippen LogP contribution < -0.4 is 10.3 Å². The molecular formula is C15H21N5O2. The Hall–Kier alpha value is -2.15. The van der Waals surface area contributed by atoms with Crippen LogP contribution in [-0.2, 0) is 26.6 Å². The fraction of sp³-hybridized carbons (Fsp3) is 0.533. The third-order valence-electron chi connectivity index (χ3n) is 4.13. The summed E-state index contributed by atoms with van der Waals surface area (Å²) in [6, 6.07) is 0. The average Bonchev–Trinajstić information content (AvgIpc) is 2.73. The van der Waals surface area contributed by atoms with E-state index in [1.807, 2.05) is 20.9 Å². The van der Waals surface area contributed by atoms with Gasteiger partial charge in [0.15, 0.2) is 0 Å². The summed E-state index contributed by atoms with van der Waals surface area (Å²) < 4.78 is 7.19. The fourth-order valence-corrected chi connectivity index (χ4v) is 3.08. The van der Waals surface area contributed by atoms with E-state index < -0.39 is 0 Å². The molecule has 118 valence electrons. The van der Waals surface area contributed by atoms with Crippen molar-refractivity contribution in [1.82, 2.24) is 24.6 Å². The molecule has 0 amide bonds. The predicted octanol–water partition coefficient (Wildman–Crippen LogP) is 0.687. The smallest absolute Gasteiger partial charge is 0.255 e. The number of aryl methyl sites for hydroxylation is 3. The normalized spacial score (nSPS) is 14.9. The molecule has 0 bridgehead atoms. The van der Waals surface area contributed by atoms with Gasteiger partial charge in [-0.15, -0.1) is 0 Å². The summed E-state index contributed by atoms with van der Waals surface area (Å²) in [5.74, 6) is 1.46. The van der Waals surface area contributed by atoms with E-state index in [9.17, 15) is 4.79 Å². The predicted molar refractivity (Wildman–Crippen MR) is 81.9 cm³/mol. The SMILES string of the molecule is COc1c(CN2CCc3nc(C)[nH]c(=O)c3C2)c(C)nn1C. The monoisotopic (exact) mass is 303 g/mol. The molecule has 22 heavy (non-hydrogen) atoms.